The van der Waals surface area contributed by atoms with Crippen LogP contribution in [-0.2, 0) is 16.6 Å². The molecule has 2 rings (SSSR count). The summed E-state index contributed by atoms with van der Waals surface area (Å²) in [7, 11) is 1.66. The second-order valence-corrected chi connectivity index (χ2v) is 6.35. The lowest BCUT2D eigenvalue weighted by molar-refractivity contribution is -0.125. The van der Waals surface area contributed by atoms with E-state index in [1.165, 1.54) is 5.56 Å². The number of ether oxygens (including phenoxy) is 1. The molecule has 2 aromatic rings. The van der Waals surface area contributed by atoms with E-state index in [0.29, 0.717) is 6.54 Å². The van der Waals surface area contributed by atoms with Gasteiger partial charge in [-0.1, -0.05) is 42.0 Å². The molecule has 0 heterocycles. The van der Waals surface area contributed by atoms with Crippen LogP contribution in [0.5, 0.6) is 5.75 Å². The molecule has 3 heteroatoms. The van der Waals surface area contributed by atoms with Crippen molar-refractivity contribution < 1.29 is 9.53 Å². The predicted molar refractivity (Wildman–Crippen MR) is 93.9 cm³/mol. The van der Waals surface area contributed by atoms with Gasteiger partial charge in [0.05, 0.1) is 12.5 Å². The highest BCUT2D eigenvalue weighted by Gasteiger charge is 2.29. The molecule has 0 saturated carbocycles. The van der Waals surface area contributed by atoms with Crippen LogP contribution in [0, 0.1) is 6.92 Å². The van der Waals surface area contributed by atoms with Crippen molar-refractivity contribution in [3.63, 3.8) is 0 Å². The molecule has 0 bridgehead atoms. The summed E-state index contributed by atoms with van der Waals surface area (Å²) in [5.41, 5.74) is 2.84. The van der Waals surface area contributed by atoms with Crippen molar-refractivity contribution in [1.29, 1.82) is 0 Å². The second-order valence-electron chi connectivity index (χ2n) is 6.35. The molecule has 0 aliphatic heterocycles. The SMILES string of the molecule is COc1cccc(CCNC(=O)C(C)(C)c2ccc(C)cc2)c1. The zero-order valence-corrected chi connectivity index (χ0v) is 14.3. The summed E-state index contributed by atoms with van der Waals surface area (Å²) >= 11 is 0. The highest BCUT2D eigenvalue weighted by Crippen LogP contribution is 2.23. The van der Waals surface area contributed by atoms with Crippen molar-refractivity contribution in [2.45, 2.75) is 32.6 Å². The summed E-state index contributed by atoms with van der Waals surface area (Å²) in [6.45, 7) is 6.57. The van der Waals surface area contributed by atoms with Gasteiger partial charge in [-0.25, -0.2) is 0 Å². The summed E-state index contributed by atoms with van der Waals surface area (Å²) in [5.74, 6) is 0.887. The normalized spacial score (nSPS) is 11.1. The van der Waals surface area contributed by atoms with Crippen LogP contribution >= 0.6 is 0 Å². The molecule has 0 aliphatic rings. The largest absolute Gasteiger partial charge is 0.497 e. The van der Waals surface area contributed by atoms with Gasteiger partial charge in [-0.3, -0.25) is 4.79 Å². The minimum Gasteiger partial charge on any atom is -0.497 e. The number of rotatable bonds is 6. The summed E-state index contributed by atoms with van der Waals surface area (Å²) in [6, 6.07) is 16.1. The van der Waals surface area contributed by atoms with E-state index in [9.17, 15) is 4.79 Å². The molecule has 0 spiro atoms. The van der Waals surface area contributed by atoms with Crippen molar-refractivity contribution in [2.75, 3.05) is 13.7 Å². The van der Waals surface area contributed by atoms with Crippen LogP contribution in [0.3, 0.4) is 0 Å². The van der Waals surface area contributed by atoms with Crippen LogP contribution in [0.1, 0.15) is 30.5 Å². The molecule has 0 fully saturated rings. The van der Waals surface area contributed by atoms with Gasteiger partial charge in [0, 0.05) is 6.54 Å². The molecule has 0 aliphatic carbocycles. The predicted octanol–water partition coefficient (Wildman–Crippen LogP) is 3.64. The fourth-order valence-corrected chi connectivity index (χ4v) is 2.47. The van der Waals surface area contributed by atoms with E-state index in [1.54, 1.807) is 7.11 Å². The molecular formula is C20H25NO2. The van der Waals surface area contributed by atoms with E-state index < -0.39 is 5.41 Å². The zero-order valence-electron chi connectivity index (χ0n) is 14.3. The smallest absolute Gasteiger partial charge is 0.230 e. The highest BCUT2D eigenvalue weighted by molar-refractivity contribution is 5.87. The van der Waals surface area contributed by atoms with Gasteiger partial charge >= 0.3 is 0 Å². The first-order chi connectivity index (χ1) is 10.9. The number of methoxy groups -OCH3 is 1. The van der Waals surface area contributed by atoms with Crippen LogP contribution in [0.4, 0.5) is 0 Å². The van der Waals surface area contributed by atoms with Crippen LogP contribution < -0.4 is 10.1 Å². The monoisotopic (exact) mass is 311 g/mol. The van der Waals surface area contributed by atoms with Gasteiger partial charge in [-0.05, 0) is 50.5 Å². The minimum atomic E-state index is -0.540. The zero-order chi connectivity index (χ0) is 16.9. The lowest BCUT2D eigenvalue weighted by atomic mass is 9.83. The quantitative estimate of drug-likeness (QED) is 0.884. The first-order valence-corrected chi connectivity index (χ1v) is 7.92. The van der Waals surface area contributed by atoms with Gasteiger partial charge in [0.2, 0.25) is 5.91 Å². The maximum Gasteiger partial charge on any atom is 0.230 e. The van der Waals surface area contributed by atoms with E-state index in [-0.39, 0.29) is 5.91 Å². The molecule has 122 valence electrons. The molecule has 23 heavy (non-hydrogen) atoms. The average Bonchev–Trinajstić information content (AvgIpc) is 2.55. The molecule has 0 radical (unpaired) electrons. The third-order valence-corrected chi connectivity index (χ3v) is 4.17. The minimum absolute atomic E-state index is 0.0456. The molecule has 1 amide bonds. The number of benzene rings is 2. The third-order valence-electron chi connectivity index (χ3n) is 4.17. The Hall–Kier alpha value is -2.29. The molecular weight excluding hydrogens is 286 g/mol. The van der Waals surface area contributed by atoms with E-state index in [4.69, 9.17) is 4.74 Å². The lowest BCUT2D eigenvalue weighted by Crippen LogP contribution is -2.40. The number of hydrogen-bond acceptors (Lipinski definition) is 2. The standard InChI is InChI=1S/C20H25NO2/c1-15-8-10-17(11-9-15)20(2,3)19(22)21-13-12-16-6-5-7-18(14-16)23-4/h5-11,14H,12-13H2,1-4H3,(H,21,22). The maximum absolute atomic E-state index is 12.5. The Bertz CT molecular complexity index is 660. The summed E-state index contributed by atoms with van der Waals surface area (Å²) in [4.78, 5) is 12.5. The number of aryl methyl sites for hydroxylation is 1. The summed E-state index contributed by atoms with van der Waals surface area (Å²) < 4.78 is 5.22. The van der Waals surface area contributed by atoms with Crippen molar-refractivity contribution >= 4 is 5.91 Å². The number of nitrogens with one attached hydrogen (secondary N) is 1. The molecule has 0 saturated heterocycles. The number of carbonyl (C=O) groups excluding carboxylic acids is 1. The molecule has 3 nitrogen and oxygen atoms in total. The molecule has 2 aromatic carbocycles. The molecule has 1 N–H and O–H groups in total. The van der Waals surface area contributed by atoms with E-state index >= 15 is 0 Å². The van der Waals surface area contributed by atoms with Gasteiger partial charge in [0.1, 0.15) is 5.75 Å². The average molecular weight is 311 g/mol. The van der Waals surface area contributed by atoms with E-state index in [1.807, 2.05) is 69.3 Å². The number of carbonyl (C=O) groups is 1. The fourth-order valence-electron chi connectivity index (χ4n) is 2.47. The summed E-state index contributed by atoms with van der Waals surface area (Å²) in [6.07, 6.45) is 0.785. The van der Waals surface area contributed by atoms with Crippen LogP contribution in [0.15, 0.2) is 48.5 Å². The van der Waals surface area contributed by atoms with Crippen molar-refractivity contribution in [3.05, 3.63) is 65.2 Å². The second kappa shape index (κ2) is 7.32. The lowest BCUT2D eigenvalue weighted by Gasteiger charge is -2.24. The van der Waals surface area contributed by atoms with Crippen molar-refractivity contribution in [1.82, 2.24) is 5.32 Å². The highest BCUT2D eigenvalue weighted by atomic mass is 16.5. The van der Waals surface area contributed by atoms with Gasteiger partial charge in [0.15, 0.2) is 0 Å². The molecule has 0 atom stereocenters. The van der Waals surface area contributed by atoms with Crippen molar-refractivity contribution in [2.24, 2.45) is 0 Å². The summed E-state index contributed by atoms with van der Waals surface area (Å²) in [5, 5.41) is 3.04. The van der Waals surface area contributed by atoms with Gasteiger partial charge in [0.25, 0.3) is 0 Å². The first-order valence-electron chi connectivity index (χ1n) is 7.92. The first kappa shape index (κ1) is 17.1. The topological polar surface area (TPSA) is 38.3 Å². The fraction of sp³-hybridized carbons (Fsp3) is 0.350. The number of hydrogen-bond donors (Lipinski definition) is 1. The number of amides is 1. The Labute approximate surface area is 138 Å². The van der Waals surface area contributed by atoms with E-state index in [0.717, 1.165) is 23.3 Å². The molecule has 0 aromatic heterocycles. The van der Waals surface area contributed by atoms with Crippen molar-refractivity contribution in [3.8, 4) is 5.75 Å². The Morgan fingerprint density at radius 2 is 1.83 bits per heavy atom. The Morgan fingerprint density at radius 3 is 2.48 bits per heavy atom. The Kier molecular flexibility index (Phi) is 5.43. The van der Waals surface area contributed by atoms with Gasteiger partial charge in [-0.15, -0.1) is 0 Å². The van der Waals surface area contributed by atoms with Gasteiger partial charge < -0.3 is 10.1 Å². The third kappa shape index (κ3) is 4.35. The maximum atomic E-state index is 12.5. The van der Waals surface area contributed by atoms with E-state index in [2.05, 4.69) is 5.32 Å². The molecule has 0 unspecified atom stereocenters. The van der Waals surface area contributed by atoms with Crippen LogP contribution in [0.2, 0.25) is 0 Å². The Balaban J connectivity index is 1.94. The van der Waals surface area contributed by atoms with Gasteiger partial charge in [-0.2, -0.15) is 0 Å². The van der Waals surface area contributed by atoms with Crippen LogP contribution in [-0.4, -0.2) is 19.6 Å². The van der Waals surface area contributed by atoms with Crippen LogP contribution in [0.25, 0.3) is 0 Å². The Morgan fingerprint density at radius 1 is 1.13 bits per heavy atom.